The maximum atomic E-state index is 12.8. The Kier molecular flexibility index (Phi) is 6.36. The largest absolute Gasteiger partial charge is 0.497 e. The van der Waals surface area contributed by atoms with E-state index in [1.807, 2.05) is 65.8 Å². The predicted octanol–water partition coefficient (Wildman–Crippen LogP) is 3.27. The fourth-order valence-electron chi connectivity index (χ4n) is 4.13. The summed E-state index contributed by atoms with van der Waals surface area (Å²) in [4.78, 5) is 14.6. The van der Waals surface area contributed by atoms with E-state index >= 15 is 0 Å². The molecule has 1 amide bonds. The average molecular weight is 431 g/mol. The minimum Gasteiger partial charge on any atom is -0.497 e. The smallest absolute Gasteiger partial charge is 0.410 e. The standard InChI is InChI=1S/C22H26N2O5S/c1-16-12-20-21(24(16)22(25)28-14-18-6-4-3-5-7-18)15-29-30(26)23(20)13-17-8-10-19(27-2)11-9-17/h3-11,16,20-21H,12-15H2,1-2H3/t16-,20+,21+,30?/m1/s1. The normalized spacial score (nSPS) is 26.3. The van der Waals surface area contributed by atoms with Crippen LogP contribution in [0.2, 0.25) is 0 Å². The van der Waals surface area contributed by atoms with Gasteiger partial charge in [0.25, 0.3) is 0 Å². The minimum atomic E-state index is -1.55. The Morgan fingerprint density at radius 3 is 2.53 bits per heavy atom. The lowest BCUT2D eigenvalue weighted by Crippen LogP contribution is -2.54. The van der Waals surface area contributed by atoms with Crippen LogP contribution < -0.4 is 4.74 Å². The molecule has 1 unspecified atom stereocenters. The van der Waals surface area contributed by atoms with Crippen molar-refractivity contribution in [3.63, 3.8) is 0 Å². The van der Waals surface area contributed by atoms with Gasteiger partial charge in [-0.1, -0.05) is 42.5 Å². The molecular formula is C22H26N2O5S. The fourth-order valence-corrected chi connectivity index (χ4v) is 5.22. The third-order valence-corrected chi connectivity index (χ3v) is 6.79. The second-order valence-corrected chi connectivity index (χ2v) is 8.73. The molecule has 0 spiro atoms. The van der Waals surface area contributed by atoms with Crippen molar-refractivity contribution in [1.29, 1.82) is 0 Å². The number of benzene rings is 2. The zero-order valence-corrected chi connectivity index (χ0v) is 17.9. The van der Waals surface area contributed by atoms with Crippen molar-refractivity contribution in [2.75, 3.05) is 13.7 Å². The summed E-state index contributed by atoms with van der Waals surface area (Å²) in [6.45, 7) is 2.93. The van der Waals surface area contributed by atoms with Gasteiger partial charge in [0.1, 0.15) is 12.4 Å². The van der Waals surface area contributed by atoms with Gasteiger partial charge in [-0.15, -0.1) is 0 Å². The highest BCUT2D eigenvalue weighted by Crippen LogP contribution is 2.34. The Labute approximate surface area is 179 Å². The van der Waals surface area contributed by atoms with E-state index in [1.165, 1.54) is 0 Å². The van der Waals surface area contributed by atoms with Gasteiger partial charge < -0.3 is 9.47 Å². The first-order valence-electron chi connectivity index (χ1n) is 10.0. The third kappa shape index (κ3) is 4.35. The monoisotopic (exact) mass is 430 g/mol. The van der Waals surface area contributed by atoms with E-state index in [1.54, 1.807) is 12.0 Å². The van der Waals surface area contributed by atoms with E-state index in [-0.39, 0.29) is 37.4 Å². The molecule has 2 heterocycles. The highest BCUT2D eigenvalue weighted by atomic mass is 32.2. The van der Waals surface area contributed by atoms with Gasteiger partial charge in [-0.05, 0) is 36.6 Å². The lowest BCUT2D eigenvalue weighted by atomic mass is 10.1. The van der Waals surface area contributed by atoms with Gasteiger partial charge >= 0.3 is 6.09 Å². The lowest BCUT2D eigenvalue weighted by Gasteiger charge is -2.37. The number of ether oxygens (including phenoxy) is 2. The van der Waals surface area contributed by atoms with Crippen LogP contribution in [0.5, 0.6) is 5.75 Å². The predicted molar refractivity (Wildman–Crippen MR) is 113 cm³/mol. The molecule has 0 aliphatic carbocycles. The van der Waals surface area contributed by atoms with Gasteiger partial charge in [0.2, 0.25) is 11.3 Å². The topological polar surface area (TPSA) is 68.3 Å². The Bertz CT molecular complexity index is 892. The quantitative estimate of drug-likeness (QED) is 0.728. The van der Waals surface area contributed by atoms with Crippen LogP contribution in [0.25, 0.3) is 0 Å². The maximum absolute atomic E-state index is 12.8. The molecule has 2 aliphatic rings. The highest BCUT2D eigenvalue weighted by Gasteiger charge is 2.49. The Hall–Kier alpha value is -2.42. The first-order valence-corrected chi connectivity index (χ1v) is 11.0. The molecular weight excluding hydrogens is 404 g/mol. The first kappa shape index (κ1) is 20.8. The van der Waals surface area contributed by atoms with Gasteiger partial charge in [-0.25, -0.2) is 9.00 Å². The first-order chi connectivity index (χ1) is 14.6. The number of nitrogens with zero attached hydrogens (tertiary/aromatic N) is 2. The van der Waals surface area contributed by atoms with Gasteiger partial charge in [-0.2, -0.15) is 4.31 Å². The molecule has 4 atom stereocenters. The molecule has 2 fully saturated rings. The summed E-state index contributed by atoms with van der Waals surface area (Å²) in [6.07, 6.45) is 0.357. The fraction of sp³-hybridized carbons (Fsp3) is 0.409. The summed E-state index contributed by atoms with van der Waals surface area (Å²) in [5.74, 6) is 0.773. The van der Waals surface area contributed by atoms with Crippen LogP contribution in [0.15, 0.2) is 54.6 Å². The zero-order valence-electron chi connectivity index (χ0n) is 17.1. The van der Waals surface area contributed by atoms with Crippen molar-refractivity contribution >= 4 is 17.4 Å². The molecule has 0 N–H and O–H groups in total. The number of carbonyl (C=O) groups excluding carboxylic acids is 1. The van der Waals surface area contributed by atoms with Gasteiger partial charge in [0, 0.05) is 18.6 Å². The molecule has 2 saturated heterocycles. The number of fused-ring (bicyclic) bond motifs is 1. The van der Waals surface area contributed by atoms with Crippen molar-refractivity contribution < 1.29 is 22.7 Å². The summed E-state index contributed by atoms with van der Waals surface area (Å²) in [5.41, 5.74) is 1.95. The Morgan fingerprint density at radius 1 is 1.10 bits per heavy atom. The number of hydrogen-bond acceptors (Lipinski definition) is 5. The number of likely N-dealkylation sites (tertiary alicyclic amines) is 1. The van der Waals surface area contributed by atoms with Crippen molar-refractivity contribution in [3.05, 3.63) is 65.7 Å². The number of rotatable bonds is 5. The van der Waals surface area contributed by atoms with Crippen LogP contribution in [0.4, 0.5) is 4.79 Å². The molecule has 2 aromatic carbocycles. The van der Waals surface area contributed by atoms with Crippen LogP contribution in [-0.4, -0.2) is 51.3 Å². The lowest BCUT2D eigenvalue weighted by molar-refractivity contribution is 0.0549. The van der Waals surface area contributed by atoms with Crippen LogP contribution in [0.3, 0.4) is 0 Å². The molecule has 7 nitrogen and oxygen atoms in total. The third-order valence-electron chi connectivity index (χ3n) is 5.67. The van der Waals surface area contributed by atoms with E-state index in [0.717, 1.165) is 23.3 Å². The van der Waals surface area contributed by atoms with Crippen LogP contribution >= 0.6 is 0 Å². The Balaban J connectivity index is 1.45. The summed E-state index contributed by atoms with van der Waals surface area (Å²) in [5, 5.41) is 0. The van der Waals surface area contributed by atoms with E-state index in [2.05, 4.69) is 0 Å². The van der Waals surface area contributed by atoms with E-state index < -0.39 is 11.3 Å². The number of methoxy groups -OCH3 is 1. The van der Waals surface area contributed by atoms with Crippen molar-refractivity contribution in [2.45, 2.75) is 44.6 Å². The van der Waals surface area contributed by atoms with Crippen LogP contribution in [0.1, 0.15) is 24.5 Å². The van der Waals surface area contributed by atoms with Crippen molar-refractivity contribution in [2.24, 2.45) is 0 Å². The summed E-state index contributed by atoms with van der Waals surface area (Å²) < 4.78 is 30.7. The maximum Gasteiger partial charge on any atom is 0.410 e. The molecule has 0 saturated carbocycles. The number of amides is 1. The molecule has 4 rings (SSSR count). The number of hydrogen-bond donors (Lipinski definition) is 0. The molecule has 0 aromatic heterocycles. The zero-order chi connectivity index (χ0) is 21.1. The summed E-state index contributed by atoms with van der Waals surface area (Å²) in [7, 11) is 1.62. The molecule has 0 radical (unpaired) electrons. The van der Waals surface area contributed by atoms with Crippen molar-refractivity contribution in [3.8, 4) is 5.75 Å². The molecule has 2 aromatic rings. The molecule has 160 valence electrons. The number of carbonyl (C=O) groups is 1. The van der Waals surface area contributed by atoms with Gasteiger partial charge in [0.05, 0.1) is 19.8 Å². The van der Waals surface area contributed by atoms with E-state index in [0.29, 0.717) is 6.54 Å². The summed E-state index contributed by atoms with van der Waals surface area (Å²) in [6, 6.07) is 17.0. The van der Waals surface area contributed by atoms with E-state index in [4.69, 9.17) is 13.7 Å². The van der Waals surface area contributed by atoms with Crippen LogP contribution in [0, 0.1) is 0 Å². The van der Waals surface area contributed by atoms with Crippen LogP contribution in [-0.2, 0) is 33.3 Å². The van der Waals surface area contributed by atoms with Gasteiger partial charge in [0.15, 0.2) is 0 Å². The molecule has 2 aliphatic heterocycles. The minimum absolute atomic E-state index is 0.0275. The van der Waals surface area contributed by atoms with Gasteiger partial charge in [-0.3, -0.25) is 9.08 Å². The van der Waals surface area contributed by atoms with E-state index in [9.17, 15) is 9.00 Å². The average Bonchev–Trinajstić information content (AvgIpc) is 3.11. The second-order valence-electron chi connectivity index (χ2n) is 7.59. The highest BCUT2D eigenvalue weighted by molar-refractivity contribution is 7.77. The molecule has 30 heavy (non-hydrogen) atoms. The Morgan fingerprint density at radius 2 is 1.83 bits per heavy atom. The van der Waals surface area contributed by atoms with Crippen molar-refractivity contribution in [1.82, 2.24) is 9.21 Å². The SMILES string of the molecule is COc1ccc(CN2[C@H]3C[C@@H](C)N(C(=O)OCc4ccccc4)[C@H]3COS2=O)cc1. The molecule has 0 bridgehead atoms. The summed E-state index contributed by atoms with van der Waals surface area (Å²) >= 11 is -1.55. The second kappa shape index (κ2) is 9.16. The molecule has 8 heteroatoms.